The topological polar surface area (TPSA) is 63.2 Å². The van der Waals surface area contributed by atoms with Crippen molar-refractivity contribution in [3.05, 3.63) is 29.8 Å². The summed E-state index contributed by atoms with van der Waals surface area (Å²) in [5.41, 5.74) is -0.116. The number of aldehydes is 1. The Kier molecular flexibility index (Phi) is 8.38. The van der Waals surface area contributed by atoms with Gasteiger partial charge in [-0.3, -0.25) is 4.79 Å². The molecule has 6 nitrogen and oxygen atoms in total. The minimum Gasteiger partial charge on any atom is -0.497 e. The fourth-order valence-corrected chi connectivity index (χ4v) is 4.96. The summed E-state index contributed by atoms with van der Waals surface area (Å²) in [6.45, 7) is 19.3. The van der Waals surface area contributed by atoms with Crippen LogP contribution in [-0.4, -0.2) is 51.9 Å². The molecule has 4 atom stereocenters. The summed E-state index contributed by atoms with van der Waals surface area (Å²) in [6, 6.07) is 7.82. The van der Waals surface area contributed by atoms with Gasteiger partial charge in [0.15, 0.2) is 26.0 Å². The first-order valence-electron chi connectivity index (χ1n) is 11.4. The van der Waals surface area contributed by atoms with Gasteiger partial charge in [0, 0.05) is 5.92 Å². The van der Waals surface area contributed by atoms with E-state index in [0.29, 0.717) is 6.61 Å². The van der Waals surface area contributed by atoms with Crippen LogP contribution in [0.15, 0.2) is 24.3 Å². The van der Waals surface area contributed by atoms with Crippen molar-refractivity contribution in [3.63, 3.8) is 0 Å². The smallest absolute Gasteiger partial charge is 0.192 e. The monoisotopic (exact) mass is 466 g/mol. The van der Waals surface area contributed by atoms with Gasteiger partial charge in [-0.1, -0.05) is 39.8 Å². The first kappa shape index (κ1) is 27.0. The molecule has 0 unspecified atom stereocenters. The molecule has 0 amide bonds. The van der Waals surface area contributed by atoms with Crippen molar-refractivity contribution >= 4 is 14.6 Å². The first-order valence-corrected chi connectivity index (χ1v) is 14.3. The standard InChI is InChI=1S/C25H42O6Si/c1-18(19(2)28-15-20-11-13-21(27-8)14-12-20)22(30-32(9,10)23(3,4)5)25(16-26)17-29-24(6,7)31-25/h11-14,16,18-19,22H,15,17H2,1-10H3/t18-,19+,22+,25-/m0/s1. The maximum atomic E-state index is 12.4. The molecule has 1 saturated heterocycles. The number of carbonyl (C=O) groups excluding carboxylic acids is 1. The van der Waals surface area contributed by atoms with Crippen molar-refractivity contribution in [2.45, 2.75) is 96.8 Å². The normalized spacial score (nSPS) is 24.1. The molecule has 0 N–H and O–H groups in total. The van der Waals surface area contributed by atoms with Crippen LogP contribution >= 0.6 is 0 Å². The van der Waals surface area contributed by atoms with Gasteiger partial charge in [-0.15, -0.1) is 0 Å². The highest BCUT2D eigenvalue weighted by atomic mass is 28.4. The van der Waals surface area contributed by atoms with Gasteiger partial charge in [0.25, 0.3) is 0 Å². The molecule has 1 aliphatic rings. The number of methoxy groups -OCH3 is 1. The summed E-state index contributed by atoms with van der Waals surface area (Å²) < 4.78 is 30.3. The maximum Gasteiger partial charge on any atom is 0.192 e. The molecule has 0 aliphatic carbocycles. The van der Waals surface area contributed by atoms with Crippen LogP contribution in [0.2, 0.25) is 18.1 Å². The van der Waals surface area contributed by atoms with Gasteiger partial charge < -0.3 is 23.4 Å². The van der Waals surface area contributed by atoms with Crippen LogP contribution in [0.1, 0.15) is 54.0 Å². The fourth-order valence-electron chi connectivity index (χ4n) is 3.56. The predicted octanol–water partition coefficient (Wildman–Crippen LogP) is 5.35. The predicted molar refractivity (Wildman–Crippen MR) is 128 cm³/mol. The van der Waals surface area contributed by atoms with Crippen LogP contribution in [0.25, 0.3) is 0 Å². The molecule has 1 aromatic rings. The summed E-state index contributed by atoms with van der Waals surface area (Å²) in [5, 5.41) is -0.0167. The van der Waals surface area contributed by atoms with Gasteiger partial charge in [-0.2, -0.15) is 0 Å². The second kappa shape index (κ2) is 9.93. The molecule has 182 valence electrons. The fraction of sp³-hybridized carbons (Fsp3) is 0.720. The SMILES string of the molecule is COc1ccc(CO[C@H](C)[C@H](C)[C@@H](O[Si](C)(C)C(C)(C)C)[C@]2(C=O)COC(C)(C)O2)cc1. The lowest BCUT2D eigenvalue weighted by atomic mass is 9.86. The molecule has 1 aromatic carbocycles. The van der Waals surface area contributed by atoms with Gasteiger partial charge >= 0.3 is 0 Å². The van der Waals surface area contributed by atoms with Crippen molar-refractivity contribution in [2.24, 2.45) is 5.92 Å². The van der Waals surface area contributed by atoms with Crippen LogP contribution in [0.5, 0.6) is 5.75 Å². The molecule has 32 heavy (non-hydrogen) atoms. The van der Waals surface area contributed by atoms with E-state index in [1.165, 1.54) is 0 Å². The summed E-state index contributed by atoms with van der Waals surface area (Å²) in [7, 11) is -0.566. The molecular weight excluding hydrogens is 424 g/mol. The molecule has 1 heterocycles. The Balaban J connectivity index is 2.25. The second-order valence-corrected chi connectivity index (χ2v) is 15.6. The first-order chi connectivity index (χ1) is 14.7. The Morgan fingerprint density at radius 1 is 1.16 bits per heavy atom. The zero-order valence-corrected chi connectivity index (χ0v) is 22.5. The number of benzene rings is 1. The van der Waals surface area contributed by atoms with Crippen molar-refractivity contribution in [1.29, 1.82) is 0 Å². The molecule has 0 bridgehead atoms. The van der Waals surface area contributed by atoms with E-state index in [4.69, 9.17) is 23.4 Å². The molecule has 1 aliphatic heterocycles. The highest BCUT2D eigenvalue weighted by molar-refractivity contribution is 6.74. The number of hydrogen-bond donors (Lipinski definition) is 0. The summed E-state index contributed by atoms with van der Waals surface area (Å²) in [5.74, 6) is -0.139. The summed E-state index contributed by atoms with van der Waals surface area (Å²) in [4.78, 5) is 12.4. The zero-order valence-electron chi connectivity index (χ0n) is 21.5. The lowest BCUT2D eigenvalue weighted by Gasteiger charge is -2.46. The van der Waals surface area contributed by atoms with Crippen molar-refractivity contribution in [1.82, 2.24) is 0 Å². The Morgan fingerprint density at radius 3 is 2.19 bits per heavy atom. The molecule has 0 spiro atoms. The van der Waals surface area contributed by atoms with E-state index in [-0.39, 0.29) is 23.7 Å². The van der Waals surface area contributed by atoms with E-state index in [2.05, 4.69) is 40.8 Å². The van der Waals surface area contributed by atoms with E-state index in [1.54, 1.807) is 7.11 Å². The third-order valence-corrected chi connectivity index (χ3v) is 11.3. The Morgan fingerprint density at radius 2 is 1.75 bits per heavy atom. The van der Waals surface area contributed by atoms with E-state index in [0.717, 1.165) is 17.6 Å². The third kappa shape index (κ3) is 6.20. The molecule has 0 aromatic heterocycles. The Labute approximate surface area is 195 Å². The van der Waals surface area contributed by atoms with Gasteiger partial charge in [0.05, 0.1) is 32.5 Å². The van der Waals surface area contributed by atoms with Crippen LogP contribution in [0.3, 0.4) is 0 Å². The molecule has 2 rings (SSSR count). The number of ether oxygens (including phenoxy) is 4. The van der Waals surface area contributed by atoms with Crippen molar-refractivity contribution in [3.8, 4) is 5.75 Å². The van der Waals surface area contributed by atoms with Crippen LogP contribution < -0.4 is 4.74 Å². The lowest BCUT2D eigenvalue weighted by molar-refractivity contribution is -0.191. The number of carbonyl (C=O) groups is 1. The minimum absolute atomic E-state index is 0.0167. The highest BCUT2D eigenvalue weighted by Gasteiger charge is 2.56. The number of rotatable bonds is 10. The summed E-state index contributed by atoms with van der Waals surface area (Å²) in [6.07, 6.45) is 0.205. The average Bonchev–Trinajstić information content (AvgIpc) is 3.05. The van der Waals surface area contributed by atoms with E-state index < -0.39 is 25.8 Å². The Bertz CT molecular complexity index is 755. The maximum absolute atomic E-state index is 12.4. The molecule has 0 radical (unpaired) electrons. The zero-order chi connectivity index (χ0) is 24.4. The van der Waals surface area contributed by atoms with Gasteiger partial charge in [0.1, 0.15) is 5.75 Å². The lowest BCUT2D eigenvalue weighted by Crippen LogP contribution is -2.59. The van der Waals surface area contributed by atoms with Gasteiger partial charge in [-0.05, 0) is 56.6 Å². The largest absolute Gasteiger partial charge is 0.497 e. The van der Waals surface area contributed by atoms with Crippen LogP contribution in [0.4, 0.5) is 0 Å². The highest BCUT2D eigenvalue weighted by Crippen LogP contribution is 2.43. The van der Waals surface area contributed by atoms with Crippen molar-refractivity contribution in [2.75, 3.05) is 13.7 Å². The summed E-state index contributed by atoms with van der Waals surface area (Å²) >= 11 is 0. The van der Waals surface area contributed by atoms with Gasteiger partial charge in [-0.25, -0.2) is 0 Å². The molecular formula is C25H42O6Si. The van der Waals surface area contributed by atoms with Gasteiger partial charge in [0.2, 0.25) is 0 Å². The molecule has 1 fully saturated rings. The quantitative estimate of drug-likeness (QED) is 0.342. The molecule has 7 heteroatoms. The molecule has 0 saturated carbocycles. The van der Waals surface area contributed by atoms with E-state index >= 15 is 0 Å². The van der Waals surface area contributed by atoms with Crippen LogP contribution in [-0.2, 0) is 30.0 Å². The minimum atomic E-state index is -2.22. The van der Waals surface area contributed by atoms with E-state index in [9.17, 15) is 4.79 Å². The average molecular weight is 467 g/mol. The second-order valence-electron chi connectivity index (χ2n) is 10.9. The number of hydrogen-bond acceptors (Lipinski definition) is 6. The Hall–Kier alpha value is -1.25. The third-order valence-electron chi connectivity index (χ3n) is 6.88. The van der Waals surface area contributed by atoms with Crippen LogP contribution in [0, 0.1) is 5.92 Å². The van der Waals surface area contributed by atoms with E-state index in [1.807, 2.05) is 45.0 Å². The van der Waals surface area contributed by atoms with Crippen molar-refractivity contribution < 1.29 is 28.2 Å².